The summed E-state index contributed by atoms with van der Waals surface area (Å²) in [6.07, 6.45) is 0. The van der Waals surface area contributed by atoms with Gasteiger partial charge in [-0.05, 0) is 18.2 Å². The Hall–Kier alpha value is -1.26. The lowest BCUT2D eigenvalue weighted by molar-refractivity contribution is -0.118. The SMILES string of the molecule is Nc1cc(Cl)ccc1NC(=O)CO. The zero-order chi connectivity index (χ0) is 9.84. The van der Waals surface area contributed by atoms with Gasteiger partial charge in [-0.25, -0.2) is 0 Å². The van der Waals surface area contributed by atoms with Gasteiger partial charge in [-0.3, -0.25) is 4.79 Å². The highest BCUT2D eigenvalue weighted by Crippen LogP contribution is 2.22. The maximum absolute atomic E-state index is 10.8. The summed E-state index contributed by atoms with van der Waals surface area (Å²) in [5.74, 6) is -0.506. The normalized spacial score (nSPS) is 9.69. The van der Waals surface area contributed by atoms with Crippen LogP contribution in [0.25, 0.3) is 0 Å². The Kier molecular flexibility index (Phi) is 3.11. The van der Waals surface area contributed by atoms with Crippen molar-refractivity contribution in [2.24, 2.45) is 0 Å². The molecule has 0 aliphatic rings. The van der Waals surface area contributed by atoms with Crippen LogP contribution in [-0.4, -0.2) is 17.6 Å². The first kappa shape index (κ1) is 9.83. The first-order valence-corrected chi connectivity index (χ1v) is 3.97. The van der Waals surface area contributed by atoms with Gasteiger partial charge in [-0.15, -0.1) is 0 Å². The molecule has 0 fully saturated rings. The molecule has 1 aromatic carbocycles. The number of nitrogens with two attached hydrogens (primary N) is 1. The lowest BCUT2D eigenvalue weighted by Crippen LogP contribution is -2.16. The van der Waals surface area contributed by atoms with E-state index in [-0.39, 0.29) is 0 Å². The third-order valence-electron chi connectivity index (χ3n) is 1.43. The van der Waals surface area contributed by atoms with Crippen molar-refractivity contribution in [2.45, 2.75) is 0 Å². The number of hydrogen-bond donors (Lipinski definition) is 3. The van der Waals surface area contributed by atoms with Crippen LogP contribution >= 0.6 is 11.6 Å². The van der Waals surface area contributed by atoms with Gasteiger partial charge in [0.05, 0.1) is 11.4 Å². The monoisotopic (exact) mass is 200 g/mol. The molecule has 0 radical (unpaired) electrons. The number of aliphatic hydroxyl groups excluding tert-OH is 1. The predicted octanol–water partition coefficient (Wildman–Crippen LogP) is 0.853. The van der Waals surface area contributed by atoms with Crippen molar-refractivity contribution >= 4 is 28.9 Å². The molecule has 1 amide bonds. The first-order chi connectivity index (χ1) is 6.13. The van der Waals surface area contributed by atoms with E-state index in [1.54, 1.807) is 12.1 Å². The van der Waals surface area contributed by atoms with E-state index in [4.69, 9.17) is 22.4 Å². The number of nitrogens with one attached hydrogen (secondary N) is 1. The summed E-state index contributed by atoms with van der Waals surface area (Å²) in [5, 5.41) is 11.4. The molecule has 0 aromatic heterocycles. The molecular formula is C8H9ClN2O2. The highest BCUT2D eigenvalue weighted by molar-refractivity contribution is 6.31. The molecule has 0 bridgehead atoms. The predicted molar refractivity (Wildman–Crippen MR) is 51.6 cm³/mol. The van der Waals surface area contributed by atoms with Crippen molar-refractivity contribution in [3.63, 3.8) is 0 Å². The Bertz CT molecular complexity index is 328. The maximum Gasteiger partial charge on any atom is 0.250 e. The third kappa shape index (κ3) is 2.61. The van der Waals surface area contributed by atoms with Gasteiger partial charge in [0.2, 0.25) is 5.91 Å². The zero-order valence-electron chi connectivity index (χ0n) is 6.75. The summed E-state index contributed by atoms with van der Waals surface area (Å²) in [5.41, 5.74) is 6.36. The number of halogens is 1. The molecule has 0 atom stereocenters. The summed E-state index contributed by atoms with van der Waals surface area (Å²) in [6, 6.07) is 4.70. The van der Waals surface area contributed by atoms with Crippen molar-refractivity contribution in [3.8, 4) is 0 Å². The third-order valence-corrected chi connectivity index (χ3v) is 1.67. The second kappa shape index (κ2) is 4.11. The van der Waals surface area contributed by atoms with Crippen LogP contribution in [0.15, 0.2) is 18.2 Å². The fraction of sp³-hybridized carbons (Fsp3) is 0.125. The Morgan fingerprint density at radius 1 is 1.62 bits per heavy atom. The Balaban J connectivity index is 2.83. The number of carbonyl (C=O) groups is 1. The zero-order valence-corrected chi connectivity index (χ0v) is 7.51. The largest absolute Gasteiger partial charge is 0.397 e. The average molecular weight is 201 g/mol. The van der Waals surface area contributed by atoms with Gasteiger partial charge in [-0.1, -0.05) is 11.6 Å². The molecule has 5 heteroatoms. The maximum atomic E-state index is 10.8. The number of aliphatic hydroxyl groups is 1. The van der Waals surface area contributed by atoms with Crippen molar-refractivity contribution in [1.82, 2.24) is 0 Å². The minimum atomic E-state index is -0.567. The van der Waals surface area contributed by atoms with Crippen molar-refractivity contribution in [2.75, 3.05) is 17.7 Å². The minimum Gasteiger partial charge on any atom is -0.397 e. The highest BCUT2D eigenvalue weighted by Gasteiger charge is 2.03. The average Bonchev–Trinajstić information content (AvgIpc) is 2.09. The van der Waals surface area contributed by atoms with E-state index in [0.717, 1.165) is 0 Å². The Morgan fingerprint density at radius 2 is 2.31 bits per heavy atom. The van der Waals surface area contributed by atoms with Crippen LogP contribution in [0.1, 0.15) is 0 Å². The summed E-state index contributed by atoms with van der Waals surface area (Å²) < 4.78 is 0. The molecule has 0 spiro atoms. The molecular weight excluding hydrogens is 192 g/mol. The molecule has 1 rings (SSSR count). The molecule has 0 saturated heterocycles. The van der Waals surface area contributed by atoms with Crippen LogP contribution in [0.4, 0.5) is 11.4 Å². The number of rotatable bonds is 2. The fourth-order valence-corrected chi connectivity index (χ4v) is 1.02. The standard InChI is InChI=1S/C8H9ClN2O2/c9-5-1-2-7(6(10)3-5)11-8(13)4-12/h1-3,12H,4,10H2,(H,11,13). The molecule has 0 saturated carbocycles. The molecule has 0 aliphatic carbocycles. The van der Waals surface area contributed by atoms with Crippen LogP contribution in [0.3, 0.4) is 0 Å². The number of anilines is 2. The van der Waals surface area contributed by atoms with Crippen molar-refractivity contribution < 1.29 is 9.90 Å². The van der Waals surface area contributed by atoms with E-state index in [0.29, 0.717) is 16.4 Å². The quantitative estimate of drug-likeness (QED) is 0.620. The molecule has 13 heavy (non-hydrogen) atoms. The summed E-state index contributed by atoms with van der Waals surface area (Å²) in [7, 11) is 0. The van der Waals surface area contributed by atoms with Crippen LogP contribution in [0.2, 0.25) is 5.02 Å². The van der Waals surface area contributed by atoms with Crippen LogP contribution in [0.5, 0.6) is 0 Å². The molecule has 4 N–H and O–H groups in total. The van der Waals surface area contributed by atoms with E-state index in [2.05, 4.69) is 5.32 Å². The van der Waals surface area contributed by atoms with E-state index >= 15 is 0 Å². The van der Waals surface area contributed by atoms with E-state index < -0.39 is 12.5 Å². The van der Waals surface area contributed by atoms with Gasteiger partial charge in [-0.2, -0.15) is 0 Å². The minimum absolute atomic E-state index is 0.370. The second-order valence-corrected chi connectivity index (χ2v) is 2.87. The molecule has 1 aromatic rings. The number of hydrogen-bond acceptors (Lipinski definition) is 3. The van der Waals surface area contributed by atoms with Crippen LogP contribution < -0.4 is 11.1 Å². The van der Waals surface area contributed by atoms with Gasteiger partial charge in [0, 0.05) is 5.02 Å². The number of benzene rings is 1. The number of nitrogen functional groups attached to an aromatic ring is 1. The lowest BCUT2D eigenvalue weighted by atomic mass is 10.2. The number of carbonyl (C=O) groups excluding carboxylic acids is 1. The van der Waals surface area contributed by atoms with Crippen molar-refractivity contribution in [1.29, 1.82) is 0 Å². The second-order valence-electron chi connectivity index (χ2n) is 2.44. The topological polar surface area (TPSA) is 75.3 Å². The molecule has 70 valence electrons. The smallest absolute Gasteiger partial charge is 0.250 e. The summed E-state index contributed by atoms with van der Waals surface area (Å²) in [4.78, 5) is 10.8. The Labute approximate surface area is 80.3 Å². The lowest BCUT2D eigenvalue weighted by Gasteiger charge is -2.06. The highest BCUT2D eigenvalue weighted by atomic mass is 35.5. The van der Waals surface area contributed by atoms with Crippen molar-refractivity contribution in [3.05, 3.63) is 23.2 Å². The van der Waals surface area contributed by atoms with E-state index in [1.807, 2.05) is 0 Å². The van der Waals surface area contributed by atoms with Crippen LogP contribution in [0, 0.1) is 0 Å². The Morgan fingerprint density at radius 3 is 2.85 bits per heavy atom. The van der Waals surface area contributed by atoms with E-state index in [1.165, 1.54) is 6.07 Å². The summed E-state index contributed by atoms with van der Waals surface area (Å²) in [6.45, 7) is -0.567. The van der Waals surface area contributed by atoms with Gasteiger partial charge in [0.25, 0.3) is 0 Å². The first-order valence-electron chi connectivity index (χ1n) is 3.59. The van der Waals surface area contributed by atoms with Gasteiger partial charge in [0.1, 0.15) is 6.61 Å². The molecule has 4 nitrogen and oxygen atoms in total. The van der Waals surface area contributed by atoms with Gasteiger partial charge >= 0.3 is 0 Å². The van der Waals surface area contributed by atoms with Gasteiger partial charge in [0.15, 0.2) is 0 Å². The molecule has 0 heterocycles. The van der Waals surface area contributed by atoms with E-state index in [9.17, 15) is 4.79 Å². The fourth-order valence-electron chi connectivity index (χ4n) is 0.837. The van der Waals surface area contributed by atoms with Gasteiger partial charge < -0.3 is 16.2 Å². The van der Waals surface area contributed by atoms with Crippen LogP contribution in [-0.2, 0) is 4.79 Å². The number of amides is 1. The summed E-state index contributed by atoms with van der Waals surface area (Å²) >= 11 is 5.65. The molecule has 0 aliphatic heterocycles. The molecule has 0 unspecified atom stereocenters.